The first-order valence-corrected chi connectivity index (χ1v) is 10.0. The number of halogens is 1. The van der Waals surface area contributed by atoms with Crippen molar-refractivity contribution in [1.29, 1.82) is 0 Å². The standard InChI is InChI=1S/C16H23FN2OSi/c1-16(2,3)21(4,5)20-11-14-10-19(12-18-14)15-8-6-13(17)7-9-15/h6-10,12H,11H2,1-5H3. The molecule has 0 radical (unpaired) electrons. The minimum atomic E-state index is -1.76. The Morgan fingerprint density at radius 1 is 1.19 bits per heavy atom. The van der Waals surface area contributed by atoms with Gasteiger partial charge in [-0.05, 0) is 42.4 Å². The van der Waals surface area contributed by atoms with E-state index in [9.17, 15) is 4.39 Å². The molecule has 114 valence electrons. The van der Waals surface area contributed by atoms with Crippen LogP contribution in [0.25, 0.3) is 5.69 Å². The lowest BCUT2D eigenvalue weighted by Gasteiger charge is -2.35. The van der Waals surface area contributed by atoms with Gasteiger partial charge in [0, 0.05) is 11.9 Å². The molecule has 1 aromatic carbocycles. The van der Waals surface area contributed by atoms with E-state index in [4.69, 9.17) is 4.43 Å². The second-order valence-corrected chi connectivity index (χ2v) is 11.6. The van der Waals surface area contributed by atoms with Gasteiger partial charge in [0.15, 0.2) is 8.32 Å². The summed E-state index contributed by atoms with van der Waals surface area (Å²) in [6, 6.07) is 6.35. The molecule has 5 heteroatoms. The molecule has 0 amide bonds. The van der Waals surface area contributed by atoms with E-state index in [-0.39, 0.29) is 10.9 Å². The van der Waals surface area contributed by atoms with Crippen LogP contribution in [0, 0.1) is 5.82 Å². The van der Waals surface area contributed by atoms with Gasteiger partial charge in [0.1, 0.15) is 5.82 Å². The molecule has 0 saturated carbocycles. The highest BCUT2D eigenvalue weighted by Crippen LogP contribution is 2.36. The van der Waals surface area contributed by atoms with Crippen molar-refractivity contribution in [1.82, 2.24) is 9.55 Å². The van der Waals surface area contributed by atoms with Crippen molar-refractivity contribution in [3.63, 3.8) is 0 Å². The maximum atomic E-state index is 12.9. The SMILES string of the molecule is CC(C)(C)[Si](C)(C)OCc1cn(-c2ccc(F)cc2)cn1. The topological polar surface area (TPSA) is 27.1 Å². The highest BCUT2D eigenvalue weighted by atomic mass is 28.4. The molecule has 2 aromatic rings. The van der Waals surface area contributed by atoms with Gasteiger partial charge in [0.05, 0.1) is 18.6 Å². The number of imidazole rings is 1. The number of aromatic nitrogens is 2. The maximum absolute atomic E-state index is 12.9. The molecule has 0 aliphatic carbocycles. The van der Waals surface area contributed by atoms with E-state index in [2.05, 4.69) is 38.8 Å². The zero-order valence-electron chi connectivity index (χ0n) is 13.4. The molecule has 0 aliphatic rings. The van der Waals surface area contributed by atoms with Gasteiger partial charge in [0.25, 0.3) is 0 Å². The third-order valence-electron chi connectivity index (χ3n) is 4.15. The first kappa shape index (κ1) is 15.9. The molecule has 0 fully saturated rings. The molecule has 0 N–H and O–H groups in total. The Hall–Kier alpha value is -1.46. The molecule has 0 unspecified atom stereocenters. The first-order valence-electron chi connectivity index (χ1n) is 7.12. The fourth-order valence-corrected chi connectivity index (χ4v) is 2.61. The fourth-order valence-electron chi connectivity index (χ4n) is 1.66. The molecular weight excluding hydrogens is 283 g/mol. The summed E-state index contributed by atoms with van der Waals surface area (Å²) in [5, 5.41) is 0.187. The Morgan fingerprint density at radius 2 is 1.81 bits per heavy atom. The normalized spacial score (nSPS) is 12.7. The van der Waals surface area contributed by atoms with Gasteiger partial charge in [-0.25, -0.2) is 9.37 Å². The number of hydrogen-bond acceptors (Lipinski definition) is 2. The predicted octanol–water partition coefficient (Wildman–Crippen LogP) is 4.53. The lowest BCUT2D eigenvalue weighted by Crippen LogP contribution is -2.40. The third-order valence-corrected chi connectivity index (χ3v) is 8.63. The third kappa shape index (κ3) is 3.80. The minimum absolute atomic E-state index is 0.187. The summed E-state index contributed by atoms with van der Waals surface area (Å²) in [6.07, 6.45) is 3.66. The molecule has 0 aliphatic heterocycles. The van der Waals surface area contributed by atoms with Crippen LogP contribution in [0.4, 0.5) is 4.39 Å². The summed E-state index contributed by atoms with van der Waals surface area (Å²) in [4.78, 5) is 4.37. The lowest BCUT2D eigenvalue weighted by molar-refractivity contribution is 0.272. The summed E-state index contributed by atoms with van der Waals surface area (Å²) in [7, 11) is -1.76. The molecule has 0 saturated heterocycles. The molecule has 0 spiro atoms. The van der Waals surface area contributed by atoms with Crippen LogP contribution in [-0.2, 0) is 11.0 Å². The molecule has 0 bridgehead atoms. The zero-order chi connectivity index (χ0) is 15.7. The van der Waals surface area contributed by atoms with Crippen LogP contribution in [0.15, 0.2) is 36.8 Å². The molecule has 1 heterocycles. The van der Waals surface area contributed by atoms with Crippen LogP contribution in [-0.4, -0.2) is 17.9 Å². The molecule has 1 aromatic heterocycles. The molecule has 3 nitrogen and oxygen atoms in total. The van der Waals surface area contributed by atoms with Crippen molar-refractivity contribution in [3.05, 3.63) is 48.3 Å². The Balaban J connectivity index is 2.06. The van der Waals surface area contributed by atoms with Crippen molar-refractivity contribution in [2.75, 3.05) is 0 Å². The second-order valence-electron chi connectivity index (χ2n) is 6.80. The summed E-state index contributed by atoms with van der Waals surface area (Å²) in [6.45, 7) is 11.6. The van der Waals surface area contributed by atoms with Crippen LogP contribution in [0.5, 0.6) is 0 Å². The molecular formula is C16H23FN2OSi. The lowest BCUT2D eigenvalue weighted by atomic mass is 10.2. The Labute approximate surface area is 126 Å². The Bertz CT molecular complexity index is 599. The molecule has 2 rings (SSSR count). The predicted molar refractivity (Wildman–Crippen MR) is 85.5 cm³/mol. The van der Waals surface area contributed by atoms with Gasteiger partial charge in [0.2, 0.25) is 0 Å². The van der Waals surface area contributed by atoms with E-state index in [1.807, 2.05) is 10.8 Å². The van der Waals surface area contributed by atoms with E-state index in [1.54, 1.807) is 18.5 Å². The summed E-state index contributed by atoms with van der Waals surface area (Å²) < 4.78 is 21.0. The van der Waals surface area contributed by atoms with Crippen LogP contribution >= 0.6 is 0 Å². The zero-order valence-corrected chi connectivity index (χ0v) is 14.4. The summed E-state index contributed by atoms with van der Waals surface area (Å²) in [5.41, 5.74) is 1.78. The monoisotopic (exact) mass is 306 g/mol. The Morgan fingerprint density at radius 3 is 2.38 bits per heavy atom. The number of hydrogen-bond donors (Lipinski definition) is 0. The maximum Gasteiger partial charge on any atom is 0.192 e. The van der Waals surface area contributed by atoms with Gasteiger partial charge in [-0.15, -0.1) is 0 Å². The minimum Gasteiger partial charge on any atom is -0.411 e. The summed E-state index contributed by atoms with van der Waals surface area (Å²) in [5.74, 6) is -0.236. The smallest absolute Gasteiger partial charge is 0.192 e. The van der Waals surface area contributed by atoms with Gasteiger partial charge >= 0.3 is 0 Å². The molecule has 0 atom stereocenters. The summed E-state index contributed by atoms with van der Waals surface area (Å²) >= 11 is 0. The quantitative estimate of drug-likeness (QED) is 0.776. The van der Waals surface area contributed by atoms with Crippen LogP contribution in [0.1, 0.15) is 26.5 Å². The van der Waals surface area contributed by atoms with Crippen molar-refractivity contribution < 1.29 is 8.82 Å². The van der Waals surface area contributed by atoms with E-state index in [0.717, 1.165) is 11.4 Å². The number of rotatable bonds is 4. The average Bonchev–Trinajstić information content (AvgIpc) is 2.85. The van der Waals surface area contributed by atoms with E-state index < -0.39 is 8.32 Å². The van der Waals surface area contributed by atoms with Gasteiger partial charge in [-0.1, -0.05) is 20.8 Å². The highest BCUT2D eigenvalue weighted by molar-refractivity contribution is 6.74. The van der Waals surface area contributed by atoms with Gasteiger partial charge < -0.3 is 8.99 Å². The second kappa shape index (κ2) is 5.73. The van der Waals surface area contributed by atoms with Crippen molar-refractivity contribution in [2.45, 2.75) is 45.5 Å². The van der Waals surface area contributed by atoms with Crippen molar-refractivity contribution >= 4 is 8.32 Å². The van der Waals surface area contributed by atoms with Gasteiger partial charge in [-0.2, -0.15) is 0 Å². The number of benzene rings is 1. The van der Waals surface area contributed by atoms with Crippen LogP contribution < -0.4 is 0 Å². The van der Waals surface area contributed by atoms with E-state index in [0.29, 0.717) is 6.61 Å². The van der Waals surface area contributed by atoms with E-state index in [1.165, 1.54) is 12.1 Å². The van der Waals surface area contributed by atoms with Crippen molar-refractivity contribution in [2.24, 2.45) is 0 Å². The van der Waals surface area contributed by atoms with Crippen LogP contribution in [0.3, 0.4) is 0 Å². The first-order chi connectivity index (χ1) is 9.69. The Kier molecular flexibility index (Phi) is 4.34. The van der Waals surface area contributed by atoms with E-state index >= 15 is 0 Å². The number of nitrogens with zero attached hydrogens (tertiary/aromatic N) is 2. The van der Waals surface area contributed by atoms with Gasteiger partial charge in [-0.3, -0.25) is 0 Å². The highest BCUT2D eigenvalue weighted by Gasteiger charge is 2.37. The average molecular weight is 306 g/mol. The largest absolute Gasteiger partial charge is 0.411 e. The van der Waals surface area contributed by atoms with Crippen LogP contribution in [0.2, 0.25) is 18.1 Å². The van der Waals surface area contributed by atoms with Crippen molar-refractivity contribution in [3.8, 4) is 5.69 Å². The fraction of sp³-hybridized carbons (Fsp3) is 0.438. The molecule has 21 heavy (non-hydrogen) atoms.